The number of methoxy groups -OCH3 is 1. The number of ether oxygens (including phenoxy) is 1. The van der Waals surface area contributed by atoms with Gasteiger partial charge in [0.1, 0.15) is 0 Å². The number of anilines is 1. The molecule has 1 N–H and O–H groups in total. The van der Waals surface area contributed by atoms with E-state index in [0.717, 1.165) is 68.0 Å². The van der Waals surface area contributed by atoms with Gasteiger partial charge in [0.2, 0.25) is 5.95 Å². The van der Waals surface area contributed by atoms with Gasteiger partial charge in [0, 0.05) is 31.7 Å². The summed E-state index contributed by atoms with van der Waals surface area (Å²) in [6.45, 7) is 12.6. The lowest BCUT2D eigenvalue weighted by atomic mass is 10.1. The van der Waals surface area contributed by atoms with Crippen LogP contribution < -0.4 is 5.32 Å². The summed E-state index contributed by atoms with van der Waals surface area (Å²) < 4.78 is 6.99. The SMILES string of the molecule is COC(=O)c1ccc(CNc2nc3ccc(C(=O)N(CCC(C)C)CCC(C)C)cc3n2CCCN(C)C)cc1. The summed E-state index contributed by atoms with van der Waals surface area (Å²) in [6.07, 6.45) is 2.93. The number of aromatic nitrogens is 2. The highest BCUT2D eigenvalue weighted by Gasteiger charge is 2.19. The van der Waals surface area contributed by atoms with Crippen molar-refractivity contribution in [2.75, 3.05) is 46.2 Å². The molecule has 40 heavy (non-hydrogen) atoms. The molecule has 0 aliphatic rings. The molecule has 1 aromatic heterocycles. The highest BCUT2D eigenvalue weighted by molar-refractivity contribution is 5.97. The molecule has 0 fully saturated rings. The van der Waals surface area contributed by atoms with E-state index in [2.05, 4.69) is 56.6 Å². The third-order valence-electron chi connectivity index (χ3n) is 7.05. The second-order valence-electron chi connectivity index (χ2n) is 11.6. The van der Waals surface area contributed by atoms with Gasteiger partial charge in [0.15, 0.2) is 0 Å². The molecule has 0 atom stereocenters. The first-order chi connectivity index (χ1) is 19.1. The lowest BCUT2D eigenvalue weighted by Crippen LogP contribution is -2.34. The van der Waals surface area contributed by atoms with Crippen LogP contribution >= 0.6 is 0 Å². The maximum Gasteiger partial charge on any atom is 0.337 e. The maximum atomic E-state index is 13.7. The third kappa shape index (κ3) is 8.81. The van der Waals surface area contributed by atoms with E-state index < -0.39 is 0 Å². The summed E-state index contributed by atoms with van der Waals surface area (Å²) in [5, 5.41) is 3.48. The van der Waals surface area contributed by atoms with Crippen molar-refractivity contribution in [3.8, 4) is 0 Å². The van der Waals surface area contributed by atoms with E-state index in [9.17, 15) is 9.59 Å². The van der Waals surface area contributed by atoms with Crippen LogP contribution in [0.3, 0.4) is 0 Å². The van der Waals surface area contributed by atoms with Crippen molar-refractivity contribution in [2.24, 2.45) is 11.8 Å². The van der Waals surface area contributed by atoms with Crippen LogP contribution in [0.4, 0.5) is 5.95 Å². The topological polar surface area (TPSA) is 79.7 Å². The Hall–Kier alpha value is -3.39. The summed E-state index contributed by atoms with van der Waals surface area (Å²) >= 11 is 0. The fourth-order valence-corrected chi connectivity index (χ4v) is 4.55. The molecule has 218 valence electrons. The molecular formula is C32H47N5O3. The number of carbonyl (C=O) groups excluding carboxylic acids is 2. The minimum absolute atomic E-state index is 0.0875. The van der Waals surface area contributed by atoms with Crippen LogP contribution in [0.2, 0.25) is 0 Å². The zero-order valence-electron chi connectivity index (χ0n) is 25.4. The Morgan fingerprint density at radius 3 is 2.12 bits per heavy atom. The molecule has 0 saturated heterocycles. The zero-order valence-corrected chi connectivity index (χ0v) is 25.4. The van der Waals surface area contributed by atoms with Gasteiger partial charge in [-0.25, -0.2) is 9.78 Å². The first-order valence-electron chi connectivity index (χ1n) is 14.4. The predicted molar refractivity (Wildman–Crippen MR) is 163 cm³/mol. The summed E-state index contributed by atoms with van der Waals surface area (Å²) in [6, 6.07) is 13.2. The van der Waals surface area contributed by atoms with E-state index in [1.807, 2.05) is 35.2 Å². The van der Waals surface area contributed by atoms with Crippen LogP contribution in [0, 0.1) is 11.8 Å². The van der Waals surface area contributed by atoms with Gasteiger partial charge in [-0.15, -0.1) is 0 Å². The minimum atomic E-state index is -0.348. The monoisotopic (exact) mass is 549 g/mol. The van der Waals surface area contributed by atoms with Crippen LogP contribution in [0.5, 0.6) is 0 Å². The lowest BCUT2D eigenvalue weighted by molar-refractivity contribution is 0.0600. The van der Waals surface area contributed by atoms with Gasteiger partial charge in [-0.05, 0) is 87.6 Å². The fraction of sp³-hybridized carbons (Fsp3) is 0.531. The van der Waals surface area contributed by atoms with Crippen molar-refractivity contribution >= 4 is 28.9 Å². The van der Waals surface area contributed by atoms with Gasteiger partial charge in [0.05, 0.1) is 23.7 Å². The smallest absolute Gasteiger partial charge is 0.337 e. The number of rotatable bonds is 15. The Morgan fingerprint density at radius 2 is 1.55 bits per heavy atom. The van der Waals surface area contributed by atoms with Crippen molar-refractivity contribution in [3.05, 3.63) is 59.2 Å². The summed E-state index contributed by atoms with van der Waals surface area (Å²) in [7, 11) is 5.53. The van der Waals surface area contributed by atoms with Crippen LogP contribution in [0.25, 0.3) is 11.0 Å². The average molecular weight is 550 g/mol. The van der Waals surface area contributed by atoms with Crippen LogP contribution in [-0.4, -0.2) is 72.1 Å². The second kappa shape index (κ2) is 14.8. The molecule has 0 aliphatic heterocycles. The van der Waals surface area contributed by atoms with E-state index in [4.69, 9.17) is 9.72 Å². The summed E-state index contributed by atoms with van der Waals surface area (Å²) in [4.78, 5) is 34.5. The minimum Gasteiger partial charge on any atom is -0.465 e. The number of carbonyl (C=O) groups is 2. The number of hydrogen-bond donors (Lipinski definition) is 1. The molecule has 3 rings (SSSR count). The Kier molecular flexibility index (Phi) is 11.6. The Morgan fingerprint density at radius 1 is 0.925 bits per heavy atom. The molecule has 8 heteroatoms. The predicted octanol–water partition coefficient (Wildman–Crippen LogP) is 5.92. The van der Waals surface area contributed by atoms with Crippen molar-refractivity contribution in [1.29, 1.82) is 0 Å². The molecule has 0 bridgehead atoms. The zero-order chi connectivity index (χ0) is 29.2. The lowest BCUT2D eigenvalue weighted by Gasteiger charge is -2.24. The van der Waals surface area contributed by atoms with E-state index in [-0.39, 0.29) is 11.9 Å². The van der Waals surface area contributed by atoms with Gasteiger partial charge in [-0.2, -0.15) is 0 Å². The standard InChI is InChI=1S/C32H47N5O3/c1-23(2)15-19-36(20-16-24(3)4)30(38)27-13-14-28-29(21-27)37(18-8-17-35(5)6)32(34-28)33-22-25-9-11-26(12-10-25)31(39)40-7/h9-14,21,23-24H,8,15-20,22H2,1-7H3,(H,33,34). The number of benzene rings is 2. The molecule has 0 radical (unpaired) electrons. The van der Waals surface area contributed by atoms with Crippen LogP contribution in [-0.2, 0) is 17.8 Å². The van der Waals surface area contributed by atoms with E-state index in [1.165, 1.54) is 7.11 Å². The number of fused-ring (bicyclic) bond motifs is 1. The molecule has 0 spiro atoms. The van der Waals surface area contributed by atoms with Crippen molar-refractivity contribution < 1.29 is 14.3 Å². The first kappa shape index (κ1) is 31.1. The number of amides is 1. The van der Waals surface area contributed by atoms with Crippen LogP contribution in [0.1, 0.15) is 73.2 Å². The van der Waals surface area contributed by atoms with Gasteiger partial charge >= 0.3 is 5.97 Å². The number of esters is 1. The Bertz CT molecular complexity index is 1240. The Labute approximate surface area is 239 Å². The van der Waals surface area contributed by atoms with Crippen LogP contribution in [0.15, 0.2) is 42.5 Å². The largest absolute Gasteiger partial charge is 0.465 e. The molecular weight excluding hydrogens is 502 g/mol. The van der Waals surface area contributed by atoms with Gasteiger partial charge in [-0.3, -0.25) is 4.79 Å². The molecule has 1 amide bonds. The van der Waals surface area contributed by atoms with E-state index in [1.54, 1.807) is 12.1 Å². The van der Waals surface area contributed by atoms with Crippen molar-refractivity contribution in [3.63, 3.8) is 0 Å². The number of hydrogen-bond acceptors (Lipinski definition) is 6. The molecule has 0 saturated carbocycles. The number of nitrogens with one attached hydrogen (secondary N) is 1. The van der Waals surface area contributed by atoms with E-state index in [0.29, 0.717) is 29.5 Å². The van der Waals surface area contributed by atoms with Crippen molar-refractivity contribution in [1.82, 2.24) is 19.4 Å². The summed E-state index contributed by atoms with van der Waals surface area (Å²) in [5.41, 5.74) is 4.08. The number of imidazole rings is 1. The van der Waals surface area contributed by atoms with Gasteiger partial charge < -0.3 is 24.4 Å². The number of nitrogens with zero attached hydrogens (tertiary/aromatic N) is 4. The fourth-order valence-electron chi connectivity index (χ4n) is 4.55. The third-order valence-corrected chi connectivity index (χ3v) is 7.05. The van der Waals surface area contributed by atoms with Gasteiger partial charge in [0.25, 0.3) is 5.91 Å². The number of aryl methyl sites for hydroxylation is 1. The normalized spacial score (nSPS) is 11.6. The summed E-state index contributed by atoms with van der Waals surface area (Å²) in [5.74, 6) is 1.59. The first-order valence-corrected chi connectivity index (χ1v) is 14.4. The van der Waals surface area contributed by atoms with Crippen molar-refractivity contribution in [2.45, 2.75) is 60.0 Å². The molecule has 0 unspecified atom stereocenters. The molecule has 8 nitrogen and oxygen atoms in total. The molecule has 2 aromatic carbocycles. The molecule has 0 aliphatic carbocycles. The Balaban J connectivity index is 1.88. The quantitative estimate of drug-likeness (QED) is 0.237. The molecule has 1 heterocycles. The highest BCUT2D eigenvalue weighted by Crippen LogP contribution is 2.24. The van der Waals surface area contributed by atoms with Gasteiger partial charge in [-0.1, -0.05) is 39.8 Å². The highest BCUT2D eigenvalue weighted by atomic mass is 16.5. The molecule has 3 aromatic rings. The van der Waals surface area contributed by atoms with E-state index >= 15 is 0 Å². The average Bonchev–Trinajstić information content (AvgIpc) is 3.27. The second-order valence-corrected chi connectivity index (χ2v) is 11.6. The maximum absolute atomic E-state index is 13.7.